The molecule has 2 aromatic rings. The Morgan fingerprint density at radius 1 is 1.35 bits per heavy atom. The lowest BCUT2D eigenvalue weighted by atomic mass is 10.2. The van der Waals surface area contributed by atoms with Crippen molar-refractivity contribution in [2.75, 3.05) is 20.0 Å². The molecule has 0 bridgehead atoms. The van der Waals surface area contributed by atoms with Crippen LogP contribution in [0, 0.1) is 6.92 Å². The highest BCUT2D eigenvalue weighted by atomic mass is 32.2. The predicted molar refractivity (Wildman–Crippen MR) is 80.4 cm³/mol. The van der Waals surface area contributed by atoms with Crippen molar-refractivity contribution in [3.63, 3.8) is 0 Å². The SMILES string of the molecule is COC(=O)CCSc1cc(C)nc2c(OC)cccc12. The Balaban J connectivity index is 2.30. The van der Waals surface area contributed by atoms with Gasteiger partial charge in [0.1, 0.15) is 11.3 Å². The topological polar surface area (TPSA) is 48.4 Å². The van der Waals surface area contributed by atoms with Crippen molar-refractivity contribution in [1.29, 1.82) is 0 Å². The van der Waals surface area contributed by atoms with Gasteiger partial charge < -0.3 is 9.47 Å². The molecule has 1 heterocycles. The standard InChI is InChI=1S/C15H17NO3S/c1-10-9-13(20-8-7-14(17)19-3)11-5-4-6-12(18-2)15(11)16-10/h4-6,9H,7-8H2,1-3H3. The molecule has 0 N–H and O–H groups in total. The number of esters is 1. The number of carbonyl (C=O) groups excluding carboxylic acids is 1. The summed E-state index contributed by atoms with van der Waals surface area (Å²) in [6.45, 7) is 1.95. The third-order valence-electron chi connectivity index (χ3n) is 2.90. The molecule has 2 rings (SSSR count). The summed E-state index contributed by atoms with van der Waals surface area (Å²) in [5.41, 5.74) is 1.79. The molecule has 0 unspecified atom stereocenters. The van der Waals surface area contributed by atoms with E-state index in [-0.39, 0.29) is 5.97 Å². The second kappa shape index (κ2) is 6.61. The molecule has 20 heavy (non-hydrogen) atoms. The van der Waals surface area contributed by atoms with Gasteiger partial charge in [0.15, 0.2) is 0 Å². The molecule has 4 nitrogen and oxygen atoms in total. The number of nitrogens with zero attached hydrogens (tertiary/aromatic N) is 1. The average Bonchev–Trinajstić information content (AvgIpc) is 2.46. The minimum absolute atomic E-state index is 0.190. The summed E-state index contributed by atoms with van der Waals surface area (Å²) in [5.74, 6) is 1.26. The van der Waals surface area contributed by atoms with Crippen molar-refractivity contribution in [1.82, 2.24) is 4.98 Å². The van der Waals surface area contributed by atoms with Crippen molar-refractivity contribution < 1.29 is 14.3 Å². The summed E-state index contributed by atoms with van der Waals surface area (Å²) in [6, 6.07) is 7.90. The lowest BCUT2D eigenvalue weighted by molar-refractivity contribution is -0.140. The first-order chi connectivity index (χ1) is 9.65. The minimum atomic E-state index is -0.190. The number of methoxy groups -OCH3 is 2. The number of carbonyl (C=O) groups is 1. The van der Waals surface area contributed by atoms with Crippen LogP contribution in [0.25, 0.3) is 10.9 Å². The first-order valence-corrected chi connectivity index (χ1v) is 7.28. The Hall–Kier alpha value is -1.75. The number of para-hydroxylation sites is 1. The van der Waals surface area contributed by atoms with Gasteiger partial charge >= 0.3 is 5.97 Å². The third-order valence-corrected chi connectivity index (χ3v) is 3.96. The van der Waals surface area contributed by atoms with Crippen molar-refractivity contribution in [2.24, 2.45) is 0 Å². The molecule has 0 saturated carbocycles. The number of fused-ring (bicyclic) bond motifs is 1. The van der Waals surface area contributed by atoms with Crippen LogP contribution < -0.4 is 4.74 Å². The second-order valence-corrected chi connectivity index (χ2v) is 5.43. The lowest BCUT2D eigenvalue weighted by Gasteiger charge is -2.10. The highest BCUT2D eigenvalue weighted by molar-refractivity contribution is 7.99. The Labute approximate surface area is 122 Å². The number of hydrogen-bond acceptors (Lipinski definition) is 5. The maximum absolute atomic E-state index is 11.2. The first-order valence-electron chi connectivity index (χ1n) is 6.29. The molecule has 0 fully saturated rings. The molecule has 0 saturated heterocycles. The first kappa shape index (κ1) is 14.7. The Morgan fingerprint density at radius 2 is 2.15 bits per heavy atom. The van der Waals surface area contributed by atoms with E-state index in [1.54, 1.807) is 18.9 Å². The van der Waals surface area contributed by atoms with Crippen LogP contribution in [0.5, 0.6) is 5.75 Å². The molecule has 1 aromatic heterocycles. The van der Waals surface area contributed by atoms with Crippen LogP contribution in [0.15, 0.2) is 29.2 Å². The molecule has 0 spiro atoms. The summed E-state index contributed by atoms with van der Waals surface area (Å²) in [5, 5.41) is 1.05. The fraction of sp³-hybridized carbons (Fsp3) is 0.333. The van der Waals surface area contributed by atoms with Gasteiger partial charge in [-0.2, -0.15) is 0 Å². The molecule has 0 aliphatic rings. The zero-order valence-corrected chi connectivity index (χ0v) is 12.6. The van der Waals surface area contributed by atoms with Crippen molar-refractivity contribution >= 4 is 28.6 Å². The van der Waals surface area contributed by atoms with E-state index < -0.39 is 0 Å². The van der Waals surface area contributed by atoms with E-state index in [1.807, 2.05) is 31.2 Å². The van der Waals surface area contributed by atoms with Gasteiger partial charge in [0.25, 0.3) is 0 Å². The zero-order valence-electron chi connectivity index (χ0n) is 11.8. The van der Waals surface area contributed by atoms with E-state index in [4.69, 9.17) is 4.74 Å². The molecule has 0 atom stereocenters. The van der Waals surface area contributed by atoms with E-state index in [2.05, 4.69) is 9.72 Å². The number of benzene rings is 1. The number of aryl methyl sites for hydroxylation is 1. The molecular formula is C15H17NO3S. The molecule has 0 aliphatic heterocycles. The summed E-state index contributed by atoms with van der Waals surface area (Å²) < 4.78 is 10.0. The number of hydrogen-bond donors (Lipinski definition) is 0. The Morgan fingerprint density at radius 3 is 2.85 bits per heavy atom. The predicted octanol–water partition coefficient (Wildman–Crippen LogP) is 3.21. The zero-order chi connectivity index (χ0) is 14.5. The van der Waals surface area contributed by atoms with Crippen LogP contribution in [0.1, 0.15) is 12.1 Å². The summed E-state index contributed by atoms with van der Waals surface area (Å²) in [6.07, 6.45) is 0.397. The van der Waals surface area contributed by atoms with Crippen LogP contribution in [0.4, 0.5) is 0 Å². The average molecular weight is 291 g/mol. The minimum Gasteiger partial charge on any atom is -0.494 e. The number of pyridine rings is 1. The van der Waals surface area contributed by atoms with Crippen LogP contribution in [0.2, 0.25) is 0 Å². The molecular weight excluding hydrogens is 274 g/mol. The van der Waals surface area contributed by atoms with Gasteiger partial charge in [0.05, 0.1) is 20.6 Å². The molecule has 0 radical (unpaired) electrons. The van der Waals surface area contributed by atoms with E-state index >= 15 is 0 Å². The third kappa shape index (κ3) is 3.22. The van der Waals surface area contributed by atoms with Gasteiger partial charge in [-0.15, -0.1) is 11.8 Å². The van der Waals surface area contributed by atoms with Crippen LogP contribution in [-0.4, -0.2) is 30.9 Å². The highest BCUT2D eigenvalue weighted by Crippen LogP contribution is 2.32. The monoisotopic (exact) mass is 291 g/mol. The number of thioether (sulfide) groups is 1. The summed E-state index contributed by atoms with van der Waals surface area (Å²) in [4.78, 5) is 16.8. The van der Waals surface area contributed by atoms with Crippen LogP contribution in [0.3, 0.4) is 0 Å². The van der Waals surface area contributed by atoms with Gasteiger partial charge in [-0.1, -0.05) is 12.1 Å². The number of aromatic nitrogens is 1. The van der Waals surface area contributed by atoms with Gasteiger partial charge in [-0.05, 0) is 19.1 Å². The van der Waals surface area contributed by atoms with E-state index in [9.17, 15) is 4.79 Å². The van der Waals surface area contributed by atoms with E-state index in [1.165, 1.54) is 7.11 Å². The molecule has 1 aromatic carbocycles. The van der Waals surface area contributed by atoms with Gasteiger partial charge in [-0.25, -0.2) is 4.98 Å². The fourth-order valence-corrected chi connectivity index (χ4v) is 3.01. The van der Waals surface area contributed by atoms with Crippen molar-refractivity contribution in [3.8, 4) is 5.75 Å². The van der Waals surface area contributed by atoms with Crippen molar-refractivity contribution in [2.45, 2.75) is 18.2 Å². The lowest BCUT2D eigenvalue weighted by Crippen LogP contribution is -2.01. The van der Waals surface area contributed by atoms with E-state index in [0.717, 1.165) is 27.2 Å². The maximum Gasteiger partial charge on any atom is 0.306 e. The van der Waals surface area contributed by atoms with Crippen LogP contribution in [-0.2, 0) is 9.53 Å². The molecule has 0 aliphatic carbocycles. The second-order valence-electron chi connectivity index (χ2n) is 4.29. The van der Waals surface area contributed by atoms with Crippen LogP contribution >= 0.6 is 11.8 Å². The molecule has 0 amide bonds. The van der Waals surface area contributed by atoms with Gasteiger partial charge in [-0.3, -0.25) is 4.79 Å². The number of rotatable bonds is 5. The molecule has 5 heteroatoms. The van der Waals surface area contributed by atoms with E-state index in [0.29, 0.717) is 12.2 Å². The summed E-state index contributed by atoms with van der Waals surface area (Å²) in [7, 11) is 3.05. The summed E-state index contributed by atoms with van der Waals surface area (Å²) >= 11 is 1.63. The maximum atomic E-state index is 11.2. The highest BCUT2D eigenvalue weighted by Gasteiger charge is 2.09. The molecule has 106 valence electrons. The quantitative estimate of drug-likeness (QED) is 0.625. The normalized spacial score (nSPS) is 10.6. The van der Waals surface area contributed by atoms with Gasteiger partial charge in [0, 0.05) is 21.7 Å². The number of ether oxygens (including phenoxy) is 2. The Kier molecular flexibility index (Phi) is 4.84. The van der Waals surface area contributed by atoms with Gasteiger partial charge in [0.2, 0.25) is 0 Å². The smallest absolute Gasteiger partial charge is 0.306 e. The van der Waals surface area contributed by atoms with Crippen molar-refractivity contribution in [3.05, 3.63) is 30.0 Å². The Bertz CT molecular complexity index is 628. The fourth-order valence-electron chi connectivity index (χ4n) is 1.94. The largest absolute Gasteiger partial charge is 0.494 e.